The van der Waals surface area contributed by atoms with Crippen molar-refractivity contribution in [3.05, 3.63) is 23.2 Å². The second-order valence-corrected chi connectivity index (χ2v) is 4.14. The number of carbonyl (C=O) groups excluding carboxylic acids is 1. The fourth-order valence-electron chi connectivity index (χ4n) is 1.26. The number of benzene rings is 1. The number of anilines is 1. The molecule has 2 rings (SSSR count). The van der Waals surface area contributed by atoms with Crippen LogP contribution in [0.25, 0.3) is 10.2 Å². The zero-order valence-corrected chi connectivity index (χ0v) is 8.39. The van der Waals surface area contributed by atoms with Crippen LogP contribution in [0, 0.1) is 6.92 Å². The smallest absolute Gasteiger partial charge is 0.316 e. The van der Waals surface area contributed by atoms with Gasteiger partial charge in [-0.2, -0.15) is 0 Å². The predicted octanol–water partition coefficient (Wildman–Crippen LogP) is 2.10. The molecule has 5 heteroatoms. The van der Waals surface area contributed by atoms with Crippen molar-refractivity contribution >= 4 is 33.3 Å². The SMILES string of the molecule is Cc1nc2cc(NC(N)=O)ccc2s1. The van der Waals surface area contributed by atoms with Crippen LogP contribution in [0.15, 0.2) is 18.2 Å². The van der Waals surface area contributed by atoms with Crippen LogP contribution < -0.4 is 11.1 Å². The second kappa shape index (κ2) is 3.26. The van der Waals surface area contributed by atoms with Crippen LogP contribution in [0.4, 0.5) is 10.5 Å². The molecule has 2 amide bonds. The number of primary amides is 1. The number of urea groups is 1. The van der Waals surface area contributed by atoms with E-state index in [0.717, 1.165) is 15.2 Å². The lowest BCUT2D eigenvalue weighted by Crippen LogP contribution is -2.19. The highest BCUT2D eigenvalue weighted by Gasteiger charge is 2.02. The molecule has 0 saturated heterocycles. The van der Waals surface area contributed by atoms with Crippen molar-refractivity contribution in [3.63, 3.8) is 0 Å². The van der Waals surface area contributed by atoms with Crippen LogP contribution in [0.3, 0.4) is 0 Å². The summed E-state index contributed by atoms with van der Waals surface area (Å²) in [6.45, 7) is 1.95. The first kappa shape index (κ1) is 8.96. The maximum absolute atomic E-state index is 10.6. The number of rotatable bonds is 1. The van der Waals surface area contributed by atoms with Gasteiger partial charge in [0.05, 0.1) is 15.2 Å². The van der Waals surface area contributed by atoms with Gasteiger partial charge in [-0.25, -0.2) is 9.78 Å². The number of nitrogens with one attached hydrogen (secondary N) is 1. The van der Waals surface area contributed by atoms with E-state index in [9.17, 15) is 4.79 Å². The molecule has 3 N–H and O–H groups in total. The summed E-state index contributed by atoms with van der Waals surface area (Å²) in [5.74, 6) is 0. The maximum atomic E-state index is 10.6. The summed E-state index contributed by atoms with van der Waals surface area (Å²) < 4.78 is 1.11. The lowest BCUT2D eigenvalue weighted by Gasteiger charge is -1.99. The lowest BCUT2D eigenvalue weighted by atomic mass is 10.3. The van der Waals surface area contributed by atoms with E-state index >= 15 is 0 Å². The van der Waals surface area contributed by atoms with Gasteiger partial charge in [0.2, 0.25) is 0 Å². The van der Waals surface area contributed by atoms with E-state index < -0.39 is 6.03 Å². The molecule has 0 saturated carbocycles. The standard InChI is InChI=1S/C9H9N3OS/c1-5-11-7-4-6(12-9(10)13)2-3-8(7)14-5/h2-4H,1H3,(H3,10,12,13). The van der Waals surface area contributed by atoms with Crippen molar-refractivity contribution in [2.45, 2.75) is 6.92 Å². The van der Waals surface area contributed by atoms with Crippen molar-refractivity contribution in [3.8, 4) is 0 Å². The van der Waals surface area contributed by atoms with Crippen LogP contribution in [0.1, 0.15) is 5.01 Å². The fourth-order valence-corrected chi connectivity index (χ4v) is 2.07. The highest BCUT2D eigenvalue weighted by Crippen LogP contribution is 2.24. The van der Waals surface area contributed by atoms with Crippen molar-refractivity contribution in [2.75, 3.05) is 5.32 Å². The molecule has 14 heavy (non-hydrogen) atoms. The molecule has 0 unspecified atom stereocenters. The molecule has 0 spiro atoms. The Labute approximate surface area is 84.8 Å². The third-order valence-electron chi connectivity index (χ3n) is 1.76. The summed E-state index contributed by atoms with van der Waals surface area (Å²) >= 11 is 1.62. The average molecular weight is 207 g/mol. The Morgan fingerprint density at radius 3 is 3.07 bits per heavy atom. The Morgan fingerprint density at radius 2 is 2.36 bits per heavy atom. The van der Waals surface area contributed by atoms with Gasteiger partial charge >= 0.3 is 6.03 Å². The largest absolute Gasteiger partial charge is 0.351 e. The Hall–Kier alpha value is -1.62. The minimum Gasteiger partial charge on any atom is -0.351 e. The summed E-state index contributed by atoms with van der Waals surface area (Å²) in [5, 5.41) is 3.52. The Morgan fingerprint density at radius 1 is 1.57 bits per heavy atom. The lowest BCUT2D eigenvalue weighted by molar-refractivity contribution is 0.259. The van der Waals surface area contributed by atoms with Crippen molar-refractivity contribution < 1.29 is 4.79 Å². The number of fused-ring (bicyclic) bond motifs is 1. The molecule has 1 aromatic heterocycles. The number of amides is 2. The van der Waals surface area contributed by atoms with Crippen LogP contribution in [-0.4, -0.2) is 11.0 Å². The minimum atomic E-state index is -0.559. The minimum absolute atomic E-state index is 0.559. The van der Waals surface area contributed by atoms with Gasteiger partial charge in [0, 0.05) is 5.69 Å². The number of aryl methyl sites for hydroxylation is 1. The van der Waals surface area contributed by atoms with Crippen LogP contribution >= 0.6 is 11.3 Å². The molecule has 72 valence electrons. The molecule has 0 atom stereocenters. The van der Waals surface area contributed by atoms with E-state index in [1.54, 1.807) is 11.3 Å². The van der Waals surface area contributed by atoms with Crippen molar-refractivity contribution in [2.24, 2.45) is 5.73 Å². The van der Waals surface area contributed by atoms with Gasteiger partial charge in [0.15, 0.2) is 0 Å². The zero-order valence-electron chi connectivity index (χ0n) is 7.57. The van der Waals surface area contributed by atoms with Crippen molar-refractivity contribution in [1.29, 1.82) is 0 Å². The number of nitrogens with zero attached hydrogens (tertiary/aromatic N) is 1. The topological polar surface area (TPSA) is 68.0 Å². The molecule has 0 aliphatic heterocycles. The normalized spacial score (nSPS) is 10.4. The molecular formula is C9H9N3OS. The van der Waals surface area contributed by atoms with E-state index in [0.29, 0.717) is 5.69 Å². The van der Waals surface area contributed by atoms with E-state index in [-0.39, 0.29) is 0 Å². The Bertz CT molecular complexity index is 492. The molecule has 1 heterocycles. The number of aromatic nitrogens is 1. The predicted molar refractivity (Wildman–Crippen MR) is 57.6 cm³/mol. The monoisotopic (exact) mass is 207 g/mol. The third kappa shape index (κ3) is 1.67. The number of thiazole rings is 1. The first-order chi connectivity index (χ1) is 6.65. The summed E-state index contributed by atoms with van der Waals surface area (Å²) in [5.41, 5.74) is 6.57. The number of hydrogen-bond donors (Lipinski definition) is 2. The summed E-state index contributed by atoms with van der Waals surface area (Å²) in [4.78, 5) is 14.9. The van der Waals surface area contributed by atoms with Gasteiger partial charge in [-0.15, -0.1) is 11.3 Å². The Balaban J connectivity index is 2.45. The highest BCUT2D eigenvalue weighted by atomic mass is 32.1. The molecule has 0 aliphatic rings. The van der Waals surface area contributed by atoms with E-state index in [1.807, 2.05) is 25.1 Å². The van der Waals surface area contributed by atoms with Crippen LogP contribution in [0.5, 0.6) is 0 Å². The van der Waals surface area contributed by atoms with Crippen LogP contribution in [0.2, 0.25) is 0 Å². The molecular weight excluding hydrogens is 198 g/mol. The quantitative estimate of drug-likeness (QED) is 0.751. The van der Waals surface area contributed by atoms with E-state index in [4.69, 9.17) is 5.73 Å². The third-order valence-corrected chi connectivity index (χ3v) is 2.71. The number of nitrogens with two attached hydrogens (primary N) is 1. The van der Waals surface area contributed by atoms with Crippen LogP contribution in [-0.2, 0) is 0 Å². The molecule has 2 aromatic rings. The molecule has 4 nitrogen and oxygen atoms in total. The van der Waals surface area contributed by atoms with Gasteiger partial charge in [-0.05, 0) is 25.1 Å². The van der Waals surface area contributed by atoms with Gasteiger partial charge in [-0.3, -0.25) is 0 Å². The van der Waals surface area contributed by atoms with Crippen molar-refractivity contribution in [1.82, 2.24) is 4.98 Å². The summed E-state index contributed by atoms with van der Waals surface area (Å²) in [6.07, 6.45) is 0. The van der Waals surface area contributed by atoms with Gasteiger partial charge in [-0.1, -0.05) is 0 Å². The van der Waals surface area contributed by atoms with E-state index in [2.05, 4.69) is 10.3 Å². The first-order valence-corrected chi connectivity index (χ1v) is 4.90. The molecule has 0 aliphatic carbocycles. The fraction of sp³-hybridized carbons (Fsp3) is 0.111. The molecule has 0 radical (unpaired) electrons. The molecule has 0 fully saturated rings. The molecule has 0 bridgehead atoms. The van der Waals surface area contributed by atoms with E-state index in [1.165, 1.54) is 0 Å². The van der Waals surface area contributed by atoms with Gasteiger partial charge in [0.25, 0.3) is 0 Å². The van der Waals surface area contributed by atoms with Gasteiger partial charge < -0.3 is 11.1 Å². The number of hydrogen-bond acceptors (Lipinski definition) is 3. The summed E-state index contributed by atoms with van der Waals surface area (Å²) in [6, 6.07) is 4.98. The molecule has 1 aromatic carbocycles. The second-order valence-electron chi connectivity index (χ2n) is 2.90. The number of carbonyl (C=O) groups is 1. The highest BCUT2D eigenvalue weighted by molar-refractivity contribution is 7.18. The zero-order chi connectivity index (χ0) is 10.1. The first-order valence-electron chi connectivity index (χ1n) is 4.09. The van der Waals surface area contributed by atoms with Gasteiger partial charge in [0.1, 0.15) is 0 Å². The Kier molecular flexibility index (Phi) is 2.09. The maximum Gasteiger partial charge on any atom is 0.316 e. The summed E-state index contributed by atoms with van der Waals surface area (Å²) in [7, 11) is 0. The average Bonchev–Trinajstić information content (AvgIpc) is 2.42.